The summed E-state index contributed by atoms with van der Waals surface area (Å²) in [5.41, 5.74) is 1.14. The van der Waals surface area contributed by atoms with E-state index in [1.54, 1.807) is 30.4 Å². The third kappa shape index (κ3) is 2.62. The Hall–Kier alpha value is -1.77. The fourth-order valence-electron chi connectivity index (χ4n) is 1.07. The summed E-state index contributed by atoms with van der Waals surface area (Å²) in [6.07, 6.45) is 5.15. The standard InChI is InChI=1S/C11H10FNO/c1-2-3-4-9-5-6-11(12)10(7-9)8-13-14/h2-7H,1,8H2/b4-3-. The number of nitrogens with zero attached hydrogens (tertiary/aromatic N) is 1. The molecule has 0 heterocycles. The molecular formula is C11H10FNO. The third-order valence-corrected chi connectivity index (χ3v) is 1.73. The van der Waals surface area contributed by atoms with Crippen molar-refractivity contribution < 1.29 is 4.39 Å². The van der Waals surface area contributed by atoms with Gasteiger partial charge in [0.2, 0.25) is 0 Å². The zero-order valence-electron chi connectivity index (χ0n) is 7.61. The second-order valence-electron chi connectivity index (χ2n) is 2.73. The molecule has 0 saturated heterocycles. The van der Waals surface area contributed by atoms with Crippen LogP contribution >= 0.6 is 0 Å². The zero-order chi connectivity index (χ0) is 10.4. The van der Waals surface area contributed by atoms with Crippen molar-refractivity contribution in [3.05, 3.63) is 58.8 Å². The quantitative estimate of drug-likeness (QED) is 0.530. The predicted molar refractivity (Wildman–Crippen MR) is 55.1 cm³/mol. The summed E-state index contributed by atoms with van der Waals surface area (Å²) >= 11 is 0. The van der Waals surface area contributed by atoms with Crippen LogP contribution in [0.25, 0.3) is 6.08 Å². The first-order valence-corrected chi connectivity index (χ1v) is 4.14. The van der Waals surface area contributed by atoms with Crippen LogP contribution in [-0.4, -0.2) is 0 Å². The molecule has 0 saturated carbocycles. The summed E-state index contributed by atoms with van der Waals surface area (Å²) in [6, 6.07) is 4.55. The number of benzene rings is 1. The molecule has 1 aromatic rings. The zero-order valence-corrected chi connectivity index (χ0v) is 7.61. The highest BCUT2D eigenvalue weighted by molar-refractivity contribution is 5.52. The minimum Gasteiger partial charge on any atom is -0.207 e. The van der Waals surface area contributed by atoms with Gasteiger partial charge in [-0.3, -0.25) is 0 Å². The Morgan fingerprint density at radius 3 is 2.93 bits per heavy atom. The van der Waals surface area contributed by atoms with Gasteiger partial charge in [-0.1, -0.05) is 36.1 Å². The minimum absolute atomic E-state index is 0.137. The van der Waals surface area contributed by atoms with E-state index in [4.69, 9.17) is 0 Å². The molecule has 0 aliphatic heterocycles. The van der Waals surface area contributed by atoms with Gasteiger partial charge in [0.25, 0.3) is 0 Å². The molecule has 0 atom stereocenters. The molecule has 0 amide bonds. The van der Waals surface area contributed by atoms with Crippen molar-refractivity contribution in [2.45, 2.75) is 6.54 Å². The van der Waals surface area contributed by atoms with Crippen LogP contribution in [0, 0.1) is 10.7 Å². The van der Waals surface area contributed by atoms with Crippen molar-refractivity contribution in [2.24, 2.45) is 5.18 Å². The first-order valence-electron chi connectivity index (χ1n) is 4.14. The fourth-order valence-corrected chi connectivity index (χ4v) is 1.07. The van der Waals surface area contributed by atoms with E-state index in [9.17, 15) is 9.30 Å². The molecule has 3 heteroatoms. The van der Waals surface area contributed by atoms with Crippen LogP contribution in [0.15, 0.2) is 42.1 Å². The number of hydrogen-bond donors (Lipinski definition) is 0. The average molecular weight is 191 g/mol. The van der Waals surface area contributed by atoms with Gasteiger partial charge >= 0.3 is 0 Å². The van der Waals surface area contributed by atoms with Crippen LogP contribution in [0.4, 0.5) is 4.39 Å². The Labute approximate surface area is 81.7 Å². The molecule has 0 N–H and O–H groups in total. The molecule has 0 unspecified atom stereocenters. The molecule has 0 bridgehead atoms. The predicted octanol–water partition coefficient (Wildman–Crippen LogP) is 3.29. The topological polar surface area (TPSA) is 29.4 Å². The lowest BCUT2D eigenvalue weighted by Gasteiger charge is -1.99. The van der Waals surface area contributed by atoms with Gasteiger partial charge in [-0.25, -0.2) is 4.39 Å². The van der Waals surface area contributed by atoms with Gasteiger partial charge < -0.3 is 0 Å². The normalized spacial score (nSPS) is 10.4. The molecule has 14 heavy (non-hydrogen) atoms. The molecular weight excluding hydrogens is 181 g/mol. The van der Waals surface area contributed by atoms with Gasteiger partial charge in [0.1, 0.15) is 12.4 Å². The lowest BCUT2D eigenvalue weighted by molar-refractivity contribution is 0.610. The van der Waals surface area contributed by atoms with Crippen molar-refractivity contribution in [3.63, 3.8) is 0 Å². The summed E-state index contributed by atoms with van der Waals surface area (Å²) in [6.45, 7) is 3.39. The van der Waals surface area contributed by atoms with Crippen molar-refractivity contribution in [1.82, 2.24) is 0 Å². The molecule has 0 fully saturated rings. The number of allylic oxidation sites excluding steroid dienone is 2. The Bertz CT molecular complexity index is 372. The van der Waals surface area contributed by atoms with Gasteiger partial charge in [0.15, 0.2) is 0 Å². The molecule has 0 radical (unpaired) electrons. The summed E-state index contributed by atoms with van der Waals surface area (Å²) < 4.78 is 13.0. The molecule has 1 aromatic carbocycles. The van der Waals surface area contributed by atoms with Gasteiger partial charge in [-0.05, 0) is 17.7 Å². The van der Waals surface area contributed by atoms with Crippen LogP contribution in [0.2, 0.25) is 0 Å². The molecule has 0 spiro atoms. The Kier molecular flexibility index (Phi) is 3.73. The van der Waals surface area contributed by atoms with Crippen molar-refractivity contribution in [1.29, 1.82) is 0 Å². The summed E-state index contributed by atoms with van der Waals surface area (Å²) in [5, 5.41) is 2.65. The molecule has 0 aliphatic carbocycles. The summed E-state index contributed by atoms with van der Waals surface area (Å²) in [4.78, 5) is 10.0. The number of halogens is 1. The van der Waals surface area contributed by atoms with E-state index >= 15 is 0 Å². The smallest absolute Gasteiger partial charge is 0.128 e. The van der Waals surface area contributed by atoms with Crippen molar-refractivity contribution in [3.8, 4) is 0 Å². The van der Waals surface area contributed by atoms with E-state index in [0.717, 1.165) is 5.56 Å². The molecule has 72 valence electrons. The van der Waals surface area contributed by atoms with Crippen LogP contribution < -0.4 is 0 Å². The van der Waals surface area contributed by atoms with E-state index in [0.29, 0.717) is 5.56 Å². The molecule has 2 nitrogen and oxygen atoms in total. The van der Waals surface area contributed by atoms with Gasteiger partial charge in [-0.2, -0.15) is 4.91 Å². The van der Waals surface area contributed by atoms with E-state index < -0.39 is 5.82 Å². The van der Waals surface area contributed by atoms with Crippen LogP contribution in [0.1, 0.15) is 11.1 Å². The highest BCUT2D eigenvalue weighted by Crippen LogP contribution is 2.12. The largest absolute Gasteiger partial charge is 0.207 e. The van der Waals surface area contributed by atoms with Crippen LogP contribution in [-0.2, 0) is 6.54 Å². The molecule has 1 rings (SSSR count). The van der Waals surface area contributed by atoms with Crippen molar-refractivity contribution in [2.75, 3.05) is 0 Å². The summed E-state index contributed by atoms with van der Waals surface area (Å²) in [5.74, 6) is -0.402. The number of nitroso groups, excluding NO2 is 1. The first kappa shape index (κ1) is 10.3. The maximum absolute atomic E-state index is 13.0. The van der Waals surface area contributed by atoms with Gasteiger partial charge in [-0.15, -0.1) is 0 Å². The van der Waals surface area contributed by atoms with E-state index in [1.165, 1.54) is 6.07 Å². The second kappa shape index (κ2) is 5.07. The molecule has 0 aromatic heterocycles. The summed E-state index contributed by atoms with van der Waals surface area (Å²) in [7, 11) is 0. The SMILES string of the molecule is C=C/C=C\c1ccc(F)c(CN=O)c1. The number of rotatable bonds is 4. The maximum Gasteiger partial charge on any atom is 0.128 e. The van der Waals surface area contributed by atoms with Crippen LogP contribution in [0.5, 0.6) is 0 Å². The molecule has 0 aliphatic rings. The Balaban J connectivity index is 2.99. The maximum atomic E-state index is 13.0. The number of hydrogen-bond acceptors (Lipinski definition) is 2. The van der Waals surface area contributed by atoms with E-state index in [1.807, 2.05) is 0 Å². The van der Waals surface area contributed by atoms with Crippen LogP contribution in [0.3, 0.4) is 0 Å². The third-order valence-electron chi connectivity index (χ3n) is 1.73. The lowest BCUT2D eigenvalue weighted by atomic mass is 10.1. The second-order valence-corrected chi connectivity index (χ2v) is 2.73. The average Bonchev–Trinajstić information content (AvgIpc) is 2.19. The first-order chi connectivity index (χ1) is 6.77. The van der Waals surface area contributed by atoms with E-state index in [2.05, 4.69) is 11.8 Å². The Morgan fingerprint density at radius 2 is 2.29 bits per heavy atom. The highest BCUT2D eigenvalue weighted by Gasteiger charge is 2.01. The monoisotopic (exact) mass is 191 g/mol. The van der Waals surface area contributed by atoms with Gasteiger partial charge in [0, 0.05) is 5.56 Å². The Morgan fingerprint density at radius 1 is 1.50 bits per heavy atom. The van der Waals surface area contributed by atoms with Crippen molar-refractivity contribution >= 4 is 6.08 Å². The van der Waals surface area contributed by atoms with Gasteiger partial charge in [0.05, 0.1) is 0 Å². The lowest BCUT2D eigenvalue weighted by Crippen LogP contribution is -1.88. The fraction of sp³-hybridized carbons (Fsp3) is 0.0909. The highest BCUT2D eigenvalue weighted by atomic mass is 19.1. The van der Waals surface area contributed by atoms with E-state index in [-0.39, 0.29) is 6.54 Å². The minimum atomic E-state index is -0.402.